The van der Waals surface area contributed by atoms with Crippen molar-refractivity contribution < 1.29 is 23.3 Å². The Hall–Kier alpha value is -1.59. The number of β-lactam (4-membered cyclic amide) rings is 1. The minimum atomic E-state index is -2.10. The lowest BCUT2D eigenvalue weighted by molar-refractivity contribution is -0.298. The van der Waals surface area contributed by atoms with Crippen LogP contribution in [0.25, 0.3) is 0 Å². The molecule has 8 heteroatoms. The SMILES string of the molecule is C[SiH](C)OC1C(=O)N(OCc2ccccc2)C12C=CC(=O)C(C(C)(C)C)C2O[Si](C)(C)C. The molecule has 1 spiro atoms. The van der Waals surface area contributed by atoms with E-state index < -0.39 is 41.0 Å². The van der Waals surface area contributed by atoms with Gasteiger partial charge < -0.3 is 8.85 Å². The average molecular weight is 476 g/mol. The van der Waals surface area contributed by atoms with Crippen LogP contribution in [0.4, 0.5) is 0 Å². The number of benzene rings is 1. The summed E-state index contributed by atoms with van der Waals surface area (Å²) in [4.78, 5) is 32.5. The first-order valence-corrected chi connectivity index (χ1v) is 17.5. The summed E-state index contributed by atoms with van der Waals surface area (Å²) in [7, 11) is -3.66. The molecule has 4 atom stereocenters. The molecule has 1 aromatic carbocycles. The van der Waals surface area contributed by atoms with E-state index in [1.54, 1.807) is 12.2 Å². The van der Waals surface area contributed by atoms with Crippen LogP contribution in [0.5, 0.6) is 0 Å². The number of carbonyl (C=O) groups is 2. The second-order valence-corrected chi connectivity index (χ2v) is 17.9. The lowest BCUT2D eigenvalue weighted by Crippen LogP contribution is -2.82. The molecule has 0 N–H and O–H groups in total. The number of rotatable bonds is 7. The van der Waals surface area contributed by atoms with Crippen molar-refractivity contribution in [2.75, 3.05) is 0 Å². The molecule has 6 nitrogen and oxygen atoms in total. The average Bonchev–Trinajstić information content (AvgIpc) is 2.66. The van der Waals surface area contributed by atoms with Crippen LogP contribution < -0.4 is 0 Å². The highest BCUT2D eigenvalue weighted by Gasteiger charge is 2.70. The smallest absolute Gasteiger partial charge is 0.278 e. The molecule has 1 aliphatic heterocycles. The number of ketones is 1. The third-order valence-electron chi connectivity index (χ3n) is 5.80. The first-order chi connectivity index (χ1) is 14.8. The maximum absolute atomic E-state index is 13.3. The number of nitrogens with zero attached hydrogens (tertiary/aromatic N) is 1. The van der Waals surface area contributed by atoms with E-state index in [0.717, 1.165) is 5.56 Å². The van der Waals surface area contributed by atoms with Crippen LogP contribution >= 0.6 is 0 Å². The van der Waals surface area contributed by atoms with Crippen LogP contribution in [-0.4, -0.2) is 51.9 Å². The van der Waals surface area contributed by atoms with Crippen molar-refractivity contribution in [3.63, 3.8) is 0 Å². The fourth-order valence-electron chi connectivity index (χ4n) is 4.54. The van der Waals surface area contributed by atoms with E-state index in [1.165, 1.54) is 5.06 Å². The predicted octanol–water partition coefficient (Wildman–Crippen LogP) is 4.09. The Bertz CT molecular complexity index is 875. The lowest BCUT2D eigenvalue weighted by atomic mass is 9.62. The van der Waals surface area contributed by atoms with Gasteiger partial charge in [0.15, 0.2) is 29.2 Å². The second kappa shape index (κ2) is 8.98. The zero-order valence-corrected chi connectivity index (χ0v) is 22.7. The highest BCUT2D eigenvalue weighted by Crippen LogP contribution is 2.50. The zero-order chi connectivity index (χ0) is 23.9. The number of amides is 1. The van der Waals surface area contributed by atoms with E-state index in [9.17, 15) is 9.59 Å². The summed E-state index contributed by atoms with van der Waals surface area (Å²) in [6.07, 6.45) is 2.15. The van der Waals surface area contributed by atoms with Crippen LogP contribution in [-0.2, 0) is 29.9 Å². The van der Waals surface area contributed by atoms with Gasteiger partial charge in [-0.3, -0.25) is 14.4 Å². The molecule has 1 aliphatic carbocycles. The molecule has 0 bridgehead atoms. The molecule has 2 aliphatic rings. The van der Waals surface area contributed by atoms with Crippen molar-refractivity contribution in [3.8, 4) is 0 Å². The molecule has 0 saturated carbocycles. The lowest BCUT2D eigenvalue weighted by Gasteiger charge is -2.61. The van der Waals surface area contributed by atoms with Gasteiger partial charge >= 0.3 is 0 Å². The Morgan fingerprint density at radius 3 is 2.25 bits per heavy atom. The first kappa shape index (κ1) is 25.0. The van der Waals surface area contributed by atoms with Gasteiger partial charge in [0.1, 0.15) is 12.1 Å². The molecule has 1 aromatic rings. The summed E-state index contributed by atoms with van der Waals surface area (Å²) in [6.45, 7) is 16.8. The second-order valence-electron chi connectivity index (χ2n) is 11.1. The molecule has 3 rings (SSSR count). The zero-order valence-electron chi connectivity index (χ0n) is 20.5. The number of allylic oxidation sites excluding steroid dienone is 1. The van der Waals surface area contributed by atoms with Gasteiger partial charge in [0.05, 0.1) is 12.0 Å². The van der Waals surface area contributed by atoms with Crippen molar-refractivity contribution in [2.24, 2.45) is 11.3 Å². The van der Waals surface area contributed by atoms with Crippen molar-refractivity contribution in [2.45, 2.75) is 77.9 Å². The Morgan fingerprint density at radius 1 is 1.09 bits per heavy atom. The Balaban J connectivity index is 2.07. The molecule has 1 heterocycles. The van der Waals surface area contributed by atoms with Gasteiger partial charge in [-0.25, -0.2) is 5.06 Å². The van der Waals surface area contributed by atoms with Crippen molar-refractivity contribution in [3.05, 3.63) is 48.0 Å². The van der Waals surface area contributed by atoms with E-state index in [1.807, 2.05) is 64.2 Å². The van der Waals surface area contributed by atoms with Crippen LogP contribution in [0, 0.1) is 11.3 Å². The molecule has 32 heavy (non-hydrogen) atoms. The Labute approximate surface area is 194 Å². The molecule has 1 amide bonds. The van der Waals surface area contributed by atoms with Gasteiger partial charge in [0.2, 0.25) is 0 Å². The van der Waals surface area contributed by atoms with E-state index in [0.29, 0.717) is 0 Å². The minimum Gasteiger partial charge on any atom is -0.411 e. The van der Waals surface area contributed by atoms with E-state index in [4.69, 9.17) is 13.7 Å². The van der Waals surface area contributed by atoms with Gasteiger partial charge in [-0.2, -0.15) is 0 Å². The molecule has 0 radical (unpaired) electrons. The summed E-state index contributed by atoms with van der Waals surface area (Å²) in [5.74, 6) is -0.609. The quantitative estimate of drug-likeness (QED) is 0.439. The summed E-state index contributed by atoms with van der Waals surface area (Å²) < 4.78 is 13.0. The van der Waals surface area contributed by atoms with Gasteiger partial charge in [0.25, 0.3) is 5.91 Å². The van der Waals surface area contributed by atoms with E-state index in [2.05, 4.69) is 19.6 Å². The van der Waals surface area contributed by atoms with Crippen LogP contribution in [0.2, 0.25) is 32.7 Å². The van der Waals surface area contributed by atoms with Gasteiger partial charge in [-0.1, -0.05) is 51.1 Å². The molecule has 1 fully saturated rings. The summed E-state index contributed by atoms with van der Waals surface area (Å²) in [5.41, 5.74) is -0.359. The molecular formula is C24H37NO5Si2. The monoisotopic (exact) mass is 475 g/mol. The third kappa shape index (κ3) is 4.84. The minimum absolute atomic E-state index is 0.0225. The summed E-state index contributed by atoms with van der Waals surface area (Å²) >= 11 is 0. The number of hydroxylamine groups is 2. The third-order valence-corrected chi connectivity index (χ3v) is 7.58. The number of hydrogen-bond acceptors (Lipinski definition) is 5. The number of hydrogen-bond donors (Lipinski definition) is 0. The van der Waals surface area contributed by atoms with Crippen molar-refractivity contribution in [1.29, 1.82) is 0 Å². The maximum atomic E-state index is 13.3. The standard InChI is InChI=1S/C24H37NO5Si2/c1-23(2,3)19-18(26)14-15-24(20(19)30-32(6,7)8)21(29-31(4)5)22(27)25(24)28-16-17-12-10-9-11-13-17/h9-15,19-21,31H,16H2,1-8H3. The van der Waals surface area contributed by atoms with Crippen LogP contribution in [0.15, 0.2) is 42.5 Å². The molecular weight excluding hydrogens is 438 g/mol. The Kier molecular flexibility index (Phi) is 7.03. The maximum Gasteiger partial charge on any atom is 0.278 e. The fraction of sp³-hybridized carbons (Fsp3) is 0.583. The number of carbonyl (C=O) groups excluding carboxylic acids is 2. The van der Waals surface area contributed by atoms with E-state index in [-0.39, 0.29) is 23.7 Å². The molecule has 176 valence electrons. The van der Waals surface area contributed by atoms with Gasteiger partial charge in [-0.15, -0.1) is 0 Å². The van der Waals surface area contributed by atoms with Crippen LogP contribution in [0.3, 0.4) is 0 Å². The largest absolute Gasteiger partial charge is 0.411 e. The van der Waals surface area contributed by atoms with Crippen molar-refractivity contribution in [1.82, 2.24) is 5.06 Å². The predicted molar refractivity (Wildman–Crippen MR) is 130 cm³/mol. The van der Waals surface area contributed by atoms with Crippen LogP contribution in [0.1, 0.15) is 26.3 Å². The highest BCUT2D eigenvalue weighted by atomic mass is 28.4. The fourth-order valence-corrected chi connectivity index (χ4v) is 6.50. The summed E-state index contributed by atoms with van der Waals surface area (Å²) in [5, 5.41) is 1.42. The van der Waals surface area contributed by atoms with Gasteiger partial charge in [-0.05, 0) is 55.9 Å². The normalized spacial score (nSPS) is 28.5. The molecule has 1 saturated heterocycles. The molecule has 4 unspecified atom stereocenters. The highest BCUT2D eigenvalue weighted by molar-refractivity contribution is 6.69. The summed E-state index contributed by atoms with van der Waals surface area (Å²) in [6, 6.07) is 9.74. The first-order valence-electron chi connectivity index (χ1n) is 11.3. The Morgan fingerprint density at radius 2 is 1.72 bits per heavy atom. The topological polar surface area (TPSA) is 65.1 Å². The van der Waals surface area contributed by atoms with E-state index >= 15 is 0 Å². The molecule has 0 aromatic heterocycles. The van der Waals surface area contributed by atoms with Crippen molar-refractivity contribution >= 4 is 29.0 Å². The van der Waals surface area contributed by atoms with Gasteiger partial charge in [0, 0.05) is 0 Å².